The van der Waals surface area contributed by atoms with Gasteiger partial charge in [-0.25, -0.2) is 0 Å². The van der Waals surface area contributed by atoms with Gasteiger partial charge in [-0.3, -0.25) is 4.79 Å². The Balaban J connectivity index is 1.91. The first kappa shape index (κ1) is 23.6. The fourth-order valence-electron chi connectivity index (χ4n) is 4.51. The summed E-state index contributed by atoms with van der Waals surface area (Å²) in [6.45, 7) is 2.03. The first-order valence-electron chi connectivity index (χ1n) is 11.2. The Morgan fingerprint density at radius 2 is 1.12 bits per heavy atom. The molecule has 34 heavy (non-hydrogen) atoms. The van der Waals surface area contributed by atoms with Gasteiger partial charge in [0.05, 0.1) is 33.4 Å². The summed E-state index contributed by atoms with van der Waals surface area (Å²) in [5.41, 5.74) is 0.624. The fourth-order valence-corrected chi connectivity index (χ4v) is 4.51. The van der Waals surface area contributed by atoms with Crippen LogP contribution in [0.5, 0.6) is 17.2 Å². The normalized spacial score (nSPS) is 19.4. The zero-order chi connectivity index (χ0) is 24.3. The smallest absolute Gasteiger partial charge is 0.312 e. The molecule has 3 aromatic rings. The van der Waals surface area contributed by atoms with Crippen LogP contribution < -0.4 is 14.2 Å². The molecule has 0 saturated heterocycles. The van der Waals surface area contributed by atoms with Gasteiger partial charge >= 0.3 is 5.97 Å². The number of carboxylic acids is 1. The number of methoxy groups -OCH3 is 3. The lowest BCUT2D eigenvalue weighted by Gasteiger charge is -2.37. The number of rotatable bonds is 10. The van der Waals surface area contributed by atoms with Gasteiger partial charge in [0.2, 0.25) is 0 Å². The second-order valence-corrected chi connectivity index (χ2v) is 8.72. The summed E-state index contributed by atoms with van der Waals surface area (Å²) in [6, 6.07) is 23.0. The first-order chi connectivity index (χ1) is 16.4. The zero-order valence-electron chi connectivity index (χ0n) is 19.9. The van der Waals surface area contributed by atoms with E-state index in [1.54, 1.807) is 21.3 Å². The Hall–Kier alpha value is -3.51. The lowest BCUT2D eigenvalue weighted by Crippen LogP contribution is -2.37. The van der Waals surface area contributed by atoms with E-state index in [0.717, 1.165) is 33.9 Å². The molecule has 1 aliphatic carbocycles. The van der Waals surface area contributed by atoms with Crippen molar-refractivity contribution in [1.29, 1.82) is 0 Å². The summed E-state index contributed by atoms with van der Waals surface area (Å²) in [5, 5.41) is 9.96. The van der Waals surface area contributed by atoms with Crippen LogP contribution in [0.1, 0.15) is 30.0 Å². The van der Waals surface area contributed by atoms with Crippen molar-refractivity contribution in [2.45, 2.75) is 18.9 Å². The van der Waals surface area contributed by atoms with E-state index in [-0.39, 0.29) is 12.5 Å². The molecule has 1 saturated carbocycles. The molecule has 2 atom stereocenters. The van der Waals surface area contributed by atoms with Crippen LogP contribution in [0.15, 0.2) is 72.8 Å². The van der Waals surface area contributed by atoms with Crippen molar-refractivity contribution >= 4 is 5.97 Å². The van der Waals surface area contributed by atoms with E-state index in [9.17, 15) is 9.90 Å². The van der Waals surface area contributed by atoms with Crippen molar-refractivity contribution in [3.63, 3.8) is 0 Å². The van der Waals surface area contributed by atoms with Gasteiger partial charge in [0.15, 0.2) is 0 Å². The molecule has 178 valence electrons. The summed E-state index contributed by atoms with van der Waals surface area (Å²) < 4.78 is 22.9. The lowest BCUT2D eigenvalue weighted by atomic mass is 9.79. The zero-order valence-corrected chi connectivity index (χ0v) is 19.9. The molecule has 6 heteroatoms. The maximum absolute atomic E-state index is 12.1. The number of hydrogen-bond acceptors (Lipinski definition) is 5. The summed E-state index contributed by atoms with van der Waals surface area (Å²) >= 11 is 0. The summed E-state index contributed by atoms with van der Waals surface area (Å²) in [5.74, 6) is 1.39. The lowest BCUT2D eigenvalue weighted by molar-refractivity contribution is -0.148. The number of carboxylic acid groups (broad SMARTS) is 1. The molecule has 1 aliphatic rings. The summed E-state index contributed by atoms with van der Waals surface area (Å²) in [6.07, 6.45) is 0.590. The molecule has 0 spiro atoms. The van der Waals surface area contributed by atoms with Crippen LogP contribution in [0.4, 0.5) is 0 Å². The third-order valence-electron chi connectivity index (χ3n) is 6.92. The molecule has 0 aliphatic heterocycles. The molecule has 3 aromatic carbocycles. The van der Waals surface area contributed by atoms with Gasteiger partial charge in [-0.05, 0) is 65.4 Å². The molecule has 0 aromatic heterocycles. The highest BCUT2D eigenvalue weighted by molar-refractivity contribution is 5.78. The van der Waals surface area contributed by atoms with Gasteiger partial charge < -0.3 is 24.1 Å². The van der Waals surface area contributed by atoms with Crippen molar-refractivity contribution in [2.75, 3.05) is 27.9 Å². The van der Waals surface area contributed by atoms with Gasteiger partial charge in [0.1, 0.15) is 22.8 Å². The highest BCUT2D eigenvalue weighted by Gasteiger charge is 2.59. The highest BCUT2D eigenvalue weighted by Crippen LogP contribution is 2.54. The molecule has 2 unspecified atom stereocenters. The summed E-state index contributed by atoms with van der Waals surface area (Å²) in [4.78, 5) is 12.1. The largest absolute Gasteiger partial charge is 0.497 e. The molecule has 6 nitrogen and oxygen atoms in total. The van der Waals surface area contributed by atoms with Crippen molar-refractivity contribution in [3.05, 3.63) is 89.5 Å². The van der Waals surface area contributed by atoms with Crippen LogP contribution in [-0.2, 0) is 15.1 Å². The van der Waals surface area contributed by atoms with Crippen LogP contribution in [0.25, 0.3) is 0 Å². The van der Waals surface area contributed by atoms with Gasteiger partial charge in [0.25, 0.3) is 0 Å². The van der Waals surface area contributed by atoms with Crippen LogP contribution >= 0.6 is 0 Å². The van der Waals surface area contributed by atoms with E-state index in [2.05, 4.69) is 0 Å². The number of benzene rings is 3. The van der Waals surface area contributed by atoms with E-state index in [4.69, 9.17) is 18.9 Å². The molecule has 0 bridgehead atoms. The third-order valence-corrected chi connectivity index (χ3v) is 6.92. The van der Waals surface area contributed by atoms with Crippen molar-refractivity contribution in [1.82, 2.24) is 0 Å². The van der Waals surface area contributed by atoms with Crippen LogP contribution in [0, 0.1) is 11.3 Å². The Kier molecular flexibility index (Phi) is 6.53. The molecule has 0 amide bonds. The molecule has 0 radical (unpaired) electrons. The van der Waals surface area contributed by atoms with E-state index < -0.39 is 17.0 Å². The SMILES string of the molecule is COc1ccc(C(OCC2(C(=O)O)CC2C)(c2ccc(OC)cc2)c2ccc(OC)cc2)cc1. The average molecular weight is 463 g/mol. The summed E-state index contributed by atoms with van der Waals surface area (Å²) in [7, 11) is 4.87. The van der Waals surface area contributed by atoms with Crippen LogP contribution in [0.3, 0.4) is 0 Å². The second-order valence-electron chi connectivity index (χ2n) is 8.72. The van der Waals surface area contributed by atoms with Crippen LogP contribution in [-0.4, -0.2) is 39.0 Å². The number of ether oxygens (including phenoxy) is 4. The Morgan fingerprint density at radius 1 is 0.794 bits per heavy atom. The maximum Gasteiger partial charge on any atom is 0.312 e. The predicted octanol–water partition coefficient (Wildman–Crippen LogP) is 5.13. The standard InChI is InChI=1S/C28H30O6/c1-19-17-27(19,26(29)30)18-34-28(20-5-11-23(31-2)12-6-20,21-7-13-24(32-3)14-8-21)22-9-15-25(33-4)16-10-22/h5-16,19H,17-18H2,1-4H3,(H,29,30). The number of carbonyl (C=O) groups is 1. The quantitative estimate of drug-likeness (QED) is 0.421. The van der Waals surface area contributed by atoms with Gasteiger partial charge in [-0.1, -0.05) is 43.3 Å². The maximum atomic E-state index is 12.1. The van der Waals surface area contributed by atoms with Gasteiger partial charge in [0, 0.05) is 0 Å². The Bertz CT molecular complexity index is 1010. The second kappa shape index (κ2) is 9.39. The minimum absolute atomic E-state index is 0.0466. The minimum Gasteiger partial charge on any atom is -0.497 e. The number of aliphatic carboxylic acids is 1. The molecule has 1 N–H and O–H groups in total. The average Bonchev–Trinajstić information content (AvgIpc) is 3.56. The molecular weight excluding hydrogens is 432 g/mol. The monoisotopic (exact) mass is 462 g/mol. The molecular formula is C28H30O6. The molecule has 1 fully saturated rings. The van der Waals surface area contributed by atoms with Crippen molar-refractivity contribution in [2.24, 2.45) is 11.3 Å². The van der Waals surface area contributed by atoms with Crippen molar-refractivity contribution < 1.29 is 28.8 Å². The van der Waals surface area contributed by atoms with Gasteiger partial charge in [-0.15, -0.1) is 0 Å². The van der Waals surface area contributed by atoms with E-state index in [1.165, 1.54) is 0 Å². The first-order valence-corrected chi connectivity index (χ1v) is 11.2. The number of hydrogen-bond donors (Lipinski definition) is 1. The third kappa shape index (κ3) is 4.10. The minimum atomic E-state index is -1.06. The Labute approximate surface area is 200 Å². The topological polar surface area (TPSA) is 74.2 Å². The van der Waals surface area contributed by atoms with E-state index in [1.807, 2.05) is 79.7 Å². The predicted molar refractivity (Wildman–Crippen MR) is 129 cm³/mol. The Morgan fingerprint density at radius 3 is 1.35 bits per heavy atom. The van der Waals surface area contributed by atoms with Crippen LogP contribution in [0.2, 0.25) is 0 Å². The molecule has 4 rings (SSSR count). The molecule has 0 heterocycles. The highest BCUT2D eigenvalue weighted by atomic mass is 16.5. The van der Waals surface area contributed by atoms with E-state index >= 15 is 0 Å². The van der Waals surface area contributed by atoms with Gasteiger partial charge in [-0.2, -0.15) is 0 Å². The van der Waals surface area contributed by atoms with Crippen molar-refractivity contribution in [3.8, 4) is 17.2 Å². The fraction of sp³-hybridized carbons (Fsp3) is 0.321. The van der Waals surface area contributed by atoms with E-state index in [0.29, 0.717) is 6.42 Å².